The van der Waals surface area contributed by atoms with Gasteiger partial charge in [0.1, 0.15) is 13.2 Å². The van der Waals surface area contributed by atoms with Crippen molar-refractivity contribution in [3.63, 3.8) is 0 Å². The molecule has 434 valence electrons. The molecule has 2 N–H and O–H groups in total. The third-order valence-corrected chi connectivity index (χ3v) is 14.5. The second-order valence-corrected chi connectivity index (χ2v) is 23.4. The van der Waals surface area contributed by atoms with Crippen molar-refractivity contribution in [2.45, 2.75) is 276 Å². The fourth-order valence-corrected chi connectivity index (χ4v) is 9.43. The molecule has 0 saturated heterocycles. The molecule has 0 rings (SSSR count). The molecule has 0 bridgehead atoms. The number of nitrogens with zero attached hydrogens (tertiary/aromatic N) is 1. The quantitative estimate of drug-likeness (QED) is 0.0272. The van der Waals surface area contributed by atoms with Gasteiger partial charge in [0, 0.05) is 6.42 Å². The number of unbranched alkanes of at least 4 members (excludes halogenated alkanes) is 29. The van der Waals surface area contributed by atoms with Gasteiger partial charge in [0.2, 0.25) is 5.91 Å². The maximum Gasteiger partial charge on any atom is 0.268 e. The van der Waals surface area contributed by atoms with Crippen LogP contribution in [0.15, 0.2) is 97.2 Å². The molecule has 0 fully saturated rings. The van der Waals surface area contributed by atoms with Crippen LogP contribution in [0.5, 0.6) is 0 Å². The van der Waals surface area contributed by atoms with Crippen LogP contribution in [0, 0.1) is 0 Å². The first-order valence-corrected chi connectivity index (χ1v) is 32.6. The summed E-state index contributed by atoms with van der Waals surface area (Å²) in [6.07, 6.45) is 80.7. The molecule has 3 atom stereocenters. The number of carbonyl (C=O) groups is 1. The Kier molecular flexibility index (Phi) is 54.2. The average molecular weight is 1070 g/mol. The van der Waals surface area contributed by atoms with E-state index in [1.165, 1.54) is 167 Å². The number of likely N-dealkylation sites (N-methyl/N-ethyl adjacent to an activating group) is 1. The smallest absolute Gasteiger partial charge is 0.268 e. The first-order chi connectivity index (χ1) is 36.5. The number of phosphoric ester groups is 1. The van der Waals surface area contributed by atoms with Crippen molar-refractivity contribution in [1.82, 2.24) is 5.32 Å². The Labute approximate surface area is 464 Å². The molecule has 8 nitrogen and oxygen atoms in total. The lowest BCUT2D eigenvalue weighted by Gasteiger charge is -2.29. The van der Waals surface area contributed by atoms with E-state index in [1.807, 2.05) is 27.2 Å². The van der Waals surface area contributed by atoms with Crippen LogP contribution >= 0.6 is 7.82 Å². The monoisotopic (exact) mass is 1070 g/mol. The third-order valence-electron chi connectivity index (χ3n) is 13.5. The van der Waals surface area contributed by atoms with Crippen molar-refractivity contribution < 1.29 is 32.9 Å². The molecule has 0 aromatic heterocycles. The van der Waals surface area contributed by atoms with Crippen molar-refractivity contribution in [2.75, 3.05) is 40.9 Å². The van der Waals surface area contributed by atoms with Crippen LogP contribution in [0.25, 0.3) is 0 Å². The highest BCUT2D eigenvalue weighted by molar-refractivity contribution is 7.45. The second-order valence-electron chi connectivity index (χ2n) is 22.0. The van der Waals surface area contributed by atoms with Gasteiger partial charge in [0.05, 0.1) is 39.9 Å². The molecule has 0 heterocycles. The number of aliphatic hydroxyl groups excluding tert-OH is 1. The molecule has 0 aliphatic heterocycles. The standard InChI is InChI=1S/C66H119N2O6P/c1-6-8-10-12-14-16-18-20-22-24-26-27-28-29-30-31-32-33-34-35-36-37-38-39-40-41-42-44-46-48-50-52-54-56-58-60-66(70)67-64(63-74-75(71,72)73-62-61-68(3,4)5)65(69)59-57-55-53-51-49-47-45-43-25-23-21-19-17-15-13-11-9-7-2/h8,10,14,16,20,22,26-27,29-30,32-33,49,51,57,59,64-65,69H,6-7,9,11-13,15,17-19,21,23-25,28,31,34-48,50,52-56,58,60-63H2,1-5H3,(H-,67,70,71,72)/b10-8-,16-14-,22-20-,27-26-,30-29-,33-32-,51-49+,59-57+. The maximum atomic E-state index is 13.0. The van der Waals surface area contributed by atoms with Gasteiger partial charge >= 0.3 is 0 Å². The number of allylic oxidation sites excluding steroid dienone is 15. The largest absolute Gasteiger partial charge is 0.756 e. The van der Waals surface area contributed by atoms with Crippen molar-refractivity contribution in [2.24, 2.45) is 0 Å². The zero-order valence-electron chi connectivity index (χ0n) is 49.5. The van der Waals surface area contributed by atoms with Gasteiger partial charge in [0.15, 0.2) is 0 Å². The van der Waals surface area contributed by atoms with Crippen LogP contribution < -0.4 is 10.2 Å². The Morgan fingerprint density at radius 1 is 0.480 bits per heavy atom. The number of carbonyl (C=O) groups excluding carboxylic acids is 1. The Bertz CT molecular complexity index is 1540. The van der Waals surface area contributed by atoms with Gasteiger partial charge in [-0.2, -0.15) is 0 Å². The molecule has 0 saturated carbocycles. The van der Waals surface area contributed by atoms with E-state index in [2.05, 4.69) is 104 Å². The van der Waals surface area contributed by atoms with E-state index in [4.69, 9.17) is 9.05 Å². The fourth-order valence-electron chi connectivity index (χ4n) is 8.70. The van der Waals surface area contributed by atoms with E-state index in [0.717, 1.165) is 77.0 Å². The molecule has 0 aliphatic rings. The summed E-state index contributed by atoms with van der Waals surface area (Å²) in [5.41, 5.74) is 0. The molecular formula is C66H119N2O6P. The summed E-state index contributed by atoms with van der Waals surface area (Å²) in [6.45, 7) is 4.53. The van der Waals surface area contributed by atoms with E-state index in [1.54, 1.807) is 6.08 Å². The predicted molar refractivity (Wildman–Crippen MR) is 325 cm³/mol. The van der Waals surface area contributed by atoms with E-state index in [-0.39, 0.29) is 12.5 Å². The lowest BCUT2D eigenvalue weighted by molar-refractivity contribution is -0.870. The number of quaternary nitrogens is 1. The topological polar surface area (TPSA) is 108 Å². The number of hydrogen-bond acceptors (Lipinski definition) is 6. The zero-order chi connectivity index (χ0) is 54.9. The fraction of sp³-hybridized carbons (Fsp3) is 0.742. The van der Waals surface area contributed by atoms with Gasteiger partial charge in [-0.25, -0.2) is 0 Å². The Balaban J connectivity index is 4.11. The van der Waals surface area contributed by atoms with E-state index in [0.29, 0.717) is 17.4 Å². The van der Waals surface area contributed by atoms with Gasteiger partial charge in [-0.15, -0.1) is 0 Å². The first kappa shape index (κ1) is 72.4. The molecule has 1 amide bonds. The number of hydrogen-bond donors (Lipinski definition) is 2. The lowest BCUT2D eigenvalue weighted by atomic mass is 10.0. The van der Waals surface area contributed by atoms with Crippen LogP contribution in [0.3, 0.4) is 0 Å². The minimum absolute atomic E-state index is 0.00887. The van der Waals surface area contributed by atoms with Gasteiger partial charge in [-0.05, 0) is 83.5 Å². The Morgan fingerprint density at radius 2 is 0.827 bits per heavy atom. The molecule has 9 heteroatoms. The maximum absolute atomic E-state index is 13.0. The van der Waals surface area contributed by atoms with Crippen LogP contribution in [0.1, 0.15) is 264 Å². The summed E-state index contributed by atoms with van der Waals surface area (Å²) in [5.74, 6) is -0.208. The number of aliphatic hydroxyl groups is 1. The number of phosphoric acid groups is 1. The molecular weight excluding hydrogens is 948 g/mol. The van der Waals surface area contributed by atoms with Crippen LogP contribution in [0.2, 0.25) is 0 Å². The number of amides is 1. The highest BCUT2D eigenvalue weighted by Gasteiger charge is 2.23. The summed E-state index contributed by atoms with van der Waals surface area (Å²) in [5, 5.41) is 13.9. The molecule has 3 unspecified atom stereocenters. The minimum Gasteiger partial charge on any atom is -0.756 e. The molecule has 75 heavy (non-hydrogen) atoms. The summed E-state index contributed by atoms with van der Waals surface area (Å²) < 4.78 is 23.4. The first-order valence-electron chi connectivity index (χ1n) is 31.1. The molecule has 0 aromatic rings. The Hall–Kier alpha value is -2.58. The van der Waals surface area contributed by atoms with Crippen LogP contribution in [0.4, 0.5) is 0 Å². The van der Waals surface area contributed by atoms with Gasteiger partial charge in [0.25, 0.3) is 7.82 Å². The van der Waals surface area contributed by atoms with Gasteiger partial charge in [-0.3, -0.25) is 9.36 Å². The second kappa shape index (κ2) is 56.2. The average Bonchev–Trinajstić information content (AvgIpc) is 3.37. The minimum atomic E-state index is -4.61. The zero-order valence-corrected chi connectivity index (χ0v) is 50.4. The summed E-state index contributed by atoms with van der Waals surface area (Å²) >= 11 is 0. The summed E-state index contributed by atoms with van der Waals surface area (Å²) in [6, 6.07) is -0.908. The molecule has 0 aliphatic carbocycles. The molecule has 0 aromatic carbocycles. The van der Waals surface area contributed by atoms with Gasteiger partial charge in [-0.1, -0.05) is 272 Å². The SMILES string of the molecule is CC/C=C\C/C=C\C/C=C\C/C=C\C/C=C\C/C=C\CCCCCCCCCCCCCCCCCCC(=O)NC(COP(=O)([O-])OCC[N+](C)(C)C)C(O)/C=C/CC/C=C/CCCCCCCCCCCCCC. The molecule has 0 radical (unpaired) electrons. The van der Waals surface area contributed by atoms with Crippen molar-refractivity contribution in [3.05, 3.63) is 97.2 Å². The van der Waals surface area contributed by atoms with Crippen molar-refractivity contribution in [1.29, 1.82) is 0 Å². The van der Waals surface area contributed by atoms with Crippen LogP contribution in [-0.2, 0) is 18.4 Å². The van der Waals surface area contributed by atoms with Crippen LogP contribution in [-0.4, -0.2) is 68.5 Å². The normalized spacial score (nSPS) is 14.5. The highest BCUT2D eigenvalue weighted by Crippen LogP contribution is 2.38. The highest BCUT2D eigenvalue weighted by atomic mass is 31.2. The number of nitrogens with one attached hydrogen (secondary N) is 1. The molecule has 0 spiro atoms. The lowest BCUT2D eigenvalue weighted by Crippen LogP contribution is -2.45. The van der Waals surface area contributed by atoms with E-state index in [9.17, 15) is 19.4 Å². The van der Waals surface area contributed by atoms with Crippen molar-refractivity contribution >= 4 is 13.7 Å². The predicted octanol–water partition coefficient (Wildman–Crippen LogP) is 18.7. The van der Waals surface area contributed by atoms with E-state index < -0.39 is 26.6 Å². The summed E-state index contributed by atoms with van der Waals surface area (Å²) in [4.78, 5) is 25.5. The van der Waals surface area contributed by atoms with Gasteiger partial charge < -0.3 is 28.8 Å². The van der Waals surface area contributed by atoms with E-state index >= 15 is 0 Å². The third kappa shape index (κ3) is 58.9. The Morgan fingerprint density at radius 3 is 1.24 bits per heavy atom. The summed E-state index contributed by atoms with van der Waals surface area (Å²) in [7, 11) is 1.24. The van der Waals surface area contributed by atoms with Crippen molar-refractivity contribution in [3.8, 4) is 0 Å². The number of rotatable bonds is 56.